The molecule has 0 aromatic carbocycles. The molecule has 0 atom stereocenters. The highest BCUT2D eigenvalue weighted by Crippen LogP contribution is 2.33. The van der Waals surface area contributed by atoms with Crippen LogP contribution >= 0.6 is 0 Å². The molecule has 0 unspecified atom stereocenters. The van der Waals surface area contributed by atoms with Gasteiger partial charge in [0.05, 0.1) is 5.69 Å². The lowest BCUT2D eigenvalue weighted by atomic mass is 9.96. The number of aryl methyl sites for hydroxylation is 1. The van der Waals surface area contributed by atoms with Crippen LogP contribution in [-0.2, 0) is 0 Å². The Bertz CT molecular complexity index is 420. The second kappa shape index (κ2) is 5.10. The summed E-state index contributed by atoms with van der Waals surface area (Å²) in [5.74, 6) is 0.114. The lowest BCUT2D eigenvalue weighted by molar-refractivity contribution is 0.0864. The Balaban J connectivity index is 1.96. The minimum Gasteiger partial charge on any atom is -0.351 e. The molecule has 1 amide bonds. The molecule has 0 radical (unpaired) electrons. The van der Waals surface area contributed by atoms with E-state index in [9.17, 15) is 4.79 Å². The number of carbonyl (C=O) groups excluding carboxylic acids is 1. The van der Waals surface area contributed by atoms with Gasteiger partial charge in [-0.15, -0.1) is 0 Å². The van der Waals surface area contributed by atoms with E-state index in [0.29, 0.717) is 12.3 Å². The largest absolute Gasteiger partial charge is 0.351 e. The molecule has 1 aliphatic carbocycles. The van der Waals surface area contributed by atoms with Crippen molar-refractivity contribution >= 4 is 5.91 Å². The quantitative estimate of drug-likeness (QED) is 0.882. The van der Waals surface area contributed by atoms with Gasteiger partial charge in [0.15, 0.2) is 0 Å². The molecule has 1 saturated carbocycles. The second-order valence-electron chi connectivity index (χ2n) is 5.34. The Morgan fingerprint density at radius 3 is 2.67 bits per heavy atom. The van der Waals surface area contributed by atoms with Crippen LogP contribution in [0, 0.1) is 6.92 Å². The SMILES string of the molecule is Cc1cc(C(=O)NCC2(N(C)C)CCCC2)on1. The summed E-state index contributed by atoms with van der Waals surface area (Å²) in [5.41, 5.74) is 0.827. The summed E-state index contributed by atoms with van der Waals surface area (Å²) in [6.45, 7) is 2.47. The van der Waals surface area contributed by atoms with E-state index >= 15 is 0 Å². The predicted molar refractivity (Wildman–Crippen MR) is 68.5 cm³/mol. The summed E-state index contributed by atoms with van der Waals surface area (Å²) in [6.07, 6.45) is 4.73. The molecule has 1 heterocycles. The summed E-state index contributed by atoms with van der Waals surface area (Å²) in [5, 5.41) is 6.69. The zero-order valence-corrected chi connectivity index (χ0v) is 11.3. The van der Waals surface area contributed by atoms with Gasteiger partial charge in [0.25, 0.3) is 5.91 Å². The molecule has 100 valence electrons. The number of likely N-dealkylation sites (N-methyl/N-ethyl adjacent to an activating group) is 1. The fourth-order valence-electron chi connectivity index (χ4n) is 2.62. The van der Waals surface area contributed by atoms with Gasteiger partial charge in [-0.05, 0) is 33.9 Å². The van der Waals surface area contributed by atoms with Gasteiger partial charge in [-0.1, -0.05) is 18.0 Å². The third-order valence-electron chi connectivity index (χ3n) is 3.91. The Kier molecular flexibility index (Phi) is 3.71. The molecular formula is C13H21N3O2. The minimum absolute atomic E-state index is 0.102. The standard InChI is InChI=1S/C13H21N3O2/c1-10-8-11(18-15-10)12(17)14-9-13(16(2)3)6-4-5-7-13/h8H,4-7,9H2,1-3H3,(H,14,17). The number of carbonyl (C=O) groups is 1. The van der Waals surface area contributed by atoms with E-state index in [1.807, 2.05) is 0 Å². The Hall–Kier alpha value is -1.36. The number of hydrogen-bond acceptors (Lipinski definition) is 4. The van der Waals surface area contributed by atoms with Gasteiger partial charge in [-0.3, -0.25) is 4.79 Å². The van der Waals surface area contributed by atoms with Crippen molar-refractivity contribution in [1.82, 2.24) is 15.4 Å². The number of nitrogens with one attached hydrogen (secondary N) is 1. The van der Waals surface area contributed by atoms with Crippen LogP contribution in [0.5, 0.6) is 0 Å². The zero-order chi connectivity index (χ0) is 13.2. The minimum atomic E-state index is -0.177. The number of rotatable bonds is 4. The van der Waals surface area contributed by atoms with Crippen molar-refractivity contribution in [2.75, 3.05) is 20.6 Å². The van der Waals surface area contributed by atoms with Crippen molar-refractivity contribution in [3.8, 4) is 0 Å². The molecule has 1 aromatic heterocycles. The summed E-state index contributed by atoms with van der Waals surface area (Å²) in [6, 6.07) is 1.66. The van der Waals surface area contributed by atoms with Crippen LogP contribution in [-0.4, -0.2) is 42.1 Å². The second-order valence-corrected chi connectivity index (χ2v) is 5.34. The topological polar surface area (TPSA) is 58.4 Å². The Labute approximate surface area is 108 Å². The molecule has 18 heavy (non-hydrogen) atoms. The van der Waals surface area contributed by atoms with Crippen molar-refractivity contribution in [1.29, 1.82) is 0 Å². The highest BCUT2D eigenvalue weighted by molar-refractivity contribution is 5.91. The van der Waals surface area contributed by atoms with E-state index in [1.165, 1.54) is 12.8 Å². The average molecular weight is 251 g/mol. The maximum Gasteiger partial charge on any atom is 0.289 e. The monoisotopic (exact) mass is 251 g/mol. The molecule has 0 saturated heterocycles. The summed E-state index contributed by atoms with van der Waals surface area (Å²) in [4.78, 5) is 14.1. The van der Waals surface area contributed by atoms with Crippen LogP contribution in [0.4, 0.5) is 0 Å². The van der Waals surface area contributed by atoms with Gasteiger partial charge in [0.1, 0.15) is 0 Å². The molecule has 0 spiro atoms. The molecule has 1 fully saturated rings. The van der Waals surface area contributed by atoms with E-state index in [1.54, 1.807) is 13.0 Å². The summed E-state index contributed by atoms with van der Waals surface area (Å²) >= 11 is 0. The fraction of sp³-hybridized carbons (Fsp3) is 0.692. The van der Waals surface area contributed by atoms with Crippen molar-refractivity contribution < 1.29 is 9.32 Å². The molecule has 1 aromatic rings. The van der Waals surface area contributed by atoms with Gasteiger partial charge in [-0.2, -0.15) is 0 Å². The van der Waals surface area contributed by atoms with Crippen LogP contribution in [0.2, 0.25) is 0 Å². The summed E-state index contributed by atoms with van der Waals surface area (Å²) in [7, 11) is 4.16. The van der Waals surface area contributed by atoms with Gasteiger partial charge in [-0.25, -0.2) is 0 Å². The lowest BCUT2D eigenvalue weighted by Crippen LogP contribution is -2.50. The van der Waals surface area contributed by atoms with Crippen molar-refractivity contribution in [3.63, 3.8) is 0 Å². The highest BCUT2D eigenvalue weighted by atomic mass is 16.5. The van der Waals surface area contributed by atoms with Gasteiger partial charge < -0.3 is 14.7 Å². The third-order valence-corrected chi connectivity index (χ3v) is 3.91. The van der Waals surface area contributed by atoms with Gasteiger partial charge in [0, 0.05) is 18.2 Å². The molecule has 0 bridgehead atoms. The first-order valence-electron chi connectivity index (χ1n) is 6.42. The molecular weight excluding hydrogens is 230 g/mol. The van der Waals surface area contributed by atoms with Gasteiger partial charge >= 0.3 is 0 Å². The van der Waals surface area contributed by atoms with E-state index in [2.05, 4.69) is 29.5 Å². The molecule has 0 aliphatic heterocycles. The van der Waals surface area contributed by atoms with E-state index in [4.69, 9.17) is 4.52 Å². The van der Waals surface area contributed by atoms with Crippen LogP contribution in [0.1, 0.15) is 41.9 Å². The molecule has 5 nitrogen and oxygen atoms in total. The van der Waals surface area contributed by atoms with Crippen LogP contribution in [0.15, 0.2) is 10.6 Å². The normalized spacial score (nSPS) is 18.2. The van der Waals surface area contributed by atoms with Crippen molar-refractivity contribution in [2.45, 2.75) is 38.1 Å². The predicted octanol–water partition coefficient (Wildman–Crippen LogP) is 1.59. The first kappa shape index (κ1) is 13.1. The molecule has 5 heteroatoms. The van der Waals surface area contributed by atoms with E-state index < -0.39 is 0 Å². The van der Waals surface area contributed by atoms with Crippen molar-refractivity contribution in [2.24, 2.45) is 0 Å². The van der Waals surface area contributed by atoms with E-state index in [-0.39, 0.29) is 11.4 Å². The smallest absolute Gasteiger partial charge is 0.289 e. The number of amides is 1. The van der Waals surface area contributed by atoms with Crippen LogP contribution < -0.4 is 5.32 Å². The van der Waals surface area contributed by atoms with Crippen LogP contribution in [0.3, 0.4) is 0 Å². The maximum atomic E-state index is 11.9. The van der Waals surface area contributed by atoms with Gasteiger partial charge in [0.2, 0.25) is 5.76 Å². The highest BCUT2D eigenvalue weighted by Gasteiger charge is 2.36. The number of nitrogens with zero attached hydrogens (tertiary/aromatic N) is 2. The van der Waals surface area contributed by atoms with E-state index in [0.717, 1.165) is 18.5 Å². The number of aromatic nitrogens is 1. The molecule has 2 rings (SSSR count). The Morgan fingerprint density at radius 1 is 1.50 bits per heavy atom. The third kappa shape index (κ3) is 2.56. The first-order valence-corrected chi connectivity index (χ1v) is 6.42. The lowest BCUT2D eigenvalue weighted by Gasteiger charge is -2.36. The fourth-order valence-corrected chi connectivity index (χ4v) is 2.62. The summed E-state index contributed by atoms with van der Waals surface area (Å²) < 4.78 is 4.96. The zero-order valence-electron chi connectivity index (χ0n) is 11.3. The maximum absolute atomic E-state index is 11.9. The molecule has 1 aliphatic rings. The number of hydrogen-bond donors (Lipinski definition) is 1. The van der Waals surface area contributed by atoms with Crippen molar-refractivity contribution in [3.05, 3.63) is 17.5 Å². The van der Waals surface area contributed by atoms with Crippen LogP contribution in [0.25, 0.3) is 0 Å². The molecule has 1 N–H and O–H groups in total. The Morgan fingerprint density at radius 2 is 2.17 bits per heavy atom. The first-order chi connectivity index (χ1) is 8.53. The average Bonchev–Trinajstić information content (AvgIpc) is 2.95.